The Bertz CT molecular complexity index is 774. The molecule has 0 saturated carbocycles. The van der Waals surface area contributed by atoms with E-state index in [2.05, 4.69) is 5.32 Å². The SMILES string of the molecule is CCOc1cccc(NC(=O)CC)c1COc1cc(C)c(CC)cc1F. The number of hydrogen-bond donors (Lipinski definition) is 1. The van der Waals surface area contributed by atoms with E-state index >= 15 is 0 Å². The summed E-state index contributed by atoms with van der Waals surface area (Å²) in [5.41, 5.74) is 3.25. The van der Waals surface area contributed by atoms with E-state index in [1.54, 1.807) is 25.1 Å². The third-order valence-electron chi connectivity index (χ3n) is 4.17. The van der Waals surface area contributed by atoms with Crippen LogP contribution in [0.5, 0.6) is 11.5 Å². The van der Waals surface area contributed by atoms with Gasteiger partial charge in [0.25, 0.3) is 0 Å². The van der Waals surface area contributed by atoms with Crippen LogP contribution >= 0.6 is 0 Å². The fraction of sp³-hybridized carbons (Fsp3) is 0.381. The van der Waals surface area contributed by atoms with E-state index in [9.17, 15) is 9.18 Å². The quantitative estimate of drug-likeness (QED) is 0.720. The molecule has 2 aromatic carbocycles. The number of amides is 1. The van der Waals surface area contributed by atoms with Gasteiger partial charge in [0.05, 0.1) is 17.9 Å². The van der Waals surface area contributed by atoms with Crippen LogP contribution in [0.4, 0.5) is 10.1 Å². The number of rotatable bonds is 8. The molecule has 2 aromatic rings. The van der Waals surface area contributed by atoms with Crippen molar-refractivity contribution in [2.75, 3.05) is 11.9 Å². The largest absolute Gasteiger partial charge is 0.493 e. The summed E-state index contributed by atoms with van der Waals surface area (Å²) in [5, 5.41) is 2.85. The average molecular weight is 359 g/mol. The molecule has 0 aromatic heterocycles. The van der Waals surface area contributed by atoms with Gasteiger partial charge in [0, 0.05) is 6.42 Å². The molecule has 1 amide bonds. The molecule has 0 bridgehead atoms. The molecule has 0 aliphatic heterocycles. The minimum absolute atomic E-state index is 0.0946. The number of aryl methyl sites for hydroxylation is 2. The maximum Gasteiger partial charge on any atom is 0.224 e. The second-order valence-corrected chi connectivity index (χ2v) is 5.97. The fourth-order valence-corrected chi connectivity index (χ4v) is 2.70. The minimum Gasteiger partial charge on any atom is -0.493 e. The molecule has 0 aliphatic carbocycles. The van der Waals surface area contributed by atoms with Crippen molar-refractivity contribution in [3.63, 3.8) is 0 Å². The monoisotopic (exact) mass is 359 g/mol. The van der Waals surface area contributed by atoms with Gasteiger partial charge < -0.3 is 14.8 Å². The van der Waals surface area contributed by atoms with Crippen LogP contribution in [0, 0.1) is 12.7 Å². The van der Waals surface area contributed by atoms with Gasteiger partial charge in [0.2, 0.25) is 5.91 Å². The molecule has 0 atom stereocenters. The number of benzene rings is 2. The summed E-state index contributed by atoms with van der Waals surface area (Å²) < 4.78 is 25.7. The highest BCUT2D eigenvalue weighted by Gasteiger charge is 2.14. The van der Waals surface area contributed by atoms with Crippen molar-refractivity contribution >= 4 is 11.6 Å². The van der Waals surface area contributed by atoms with E-state index in [-0.39, 0.29) is 24.1 Å². The van der Waals surface area contributed by atoms with Gasteiger partial charge in [-0.2, -0.15) is 0 Å². The molecule has 0 heterocycles. The Balaban J connectivity index is 2.30. The van der Waals surface area contributed by atoms with Crippen LogP contribution in [-0.2, 0) is 17.8 Å². The van der Waals surface area contributed by atoms with E-state index in [4.69, 9.17) is 9.47 Å². The molecule has 4 nitrogen and oxygen atoms in total. The standard InChI is InChI=1S/C21H26FNO3/c1-5-15-12-17(22)20(11-14(15)4)26-13-16-18(23-21(24)6-2)9-8-10-19(16)25-7-3/h8-12H,5-7,13H2,1-4H3,(H,23,24). The Morgan fingerprint density at radius 1 is 1.12 bits per heavy atom. The zero-order valence-electron chi connectivity index (χ0n) is 15.8. The summed E-state index contributed by atoms with van der Waals surface area (Å²) in [7, 11) is 0. The fourth-order valence-electron chi connectivity index (χ4n) is 2.70. The summed E-state index contributed by atoms with van der Waals surface area (Å²) in [6.07, 6.45) is 1.13. The molecule has 2 rings (SSSR count). The van der Waals surface area contributed by atoms with Crippen LogP contribution in [0.25, 0.3) is 0 Å². The first-order chi connectivity index (χ1) is 12.5. The smallest absolute Gasteiger partial charge is 0.224 e. The summed E-state index contributed by atoms with van der Waals surface area (Å²) in [6, 6.07) is 8.63. The number of halogens is 1. The summed E-state index contributed by atoms with van der Waals surface area (Å²) in [4.78, 5) is 11.8. The minimum atomic E-state index is -0.388. The maximum absolute atomic E-state index is 14.3. The van der Waals surface area contributed by atoms with E-state index in [1.807, 2.05) is 26.8 Å². The number of nitrogens with one attached hydrogen (secondary N) is 1. The van der Waals surface area contributed by atoms with Crippen LogP contribution in [0.1, 0.15) is 43.9 Å². The molecule has 26 heavy (non-hydrogen) atoms. The Hall–Kier alpha value is -2.56. The lowest BCUT2D eigenvalue weighted by atomic mass is 10.1. The van der Waals surface area contributed by atoms with Crippen molar-refractivity contribution in [2.45, 2.75) is 47.1 Å². The lowest BCUT2D eigenvalue weighted by molar-refractivity contribution is -0.115. The van der Waals surface area contributed by atoms with Gasteiger partial charge in [-0.15, -0.1) is 0 Å². The molecule has 0 saturated heterocycles. The zero-order valence-corrected chi connectivity index (χ0v) is 15.8. The zero-order chi connectivity index (χ0) is 19.1. The van der Waals surface area contributed by atoms with Gasteiger partial charge in [-0.3, -0.25) is 4.79 Å². The van der Waals surface area contributed by atoms with Crippen molar-refractivity contribution in [1.82, 2.24) is 0 Å². The Kier molecular flexibility index (Phi) is 7.01. The van der Waals surface area contributed by atoms with Gasteiger partial charge in [-0.25, -0.2) is 4.39 Å². The number of anilines is 1. The summed E-state index contributed by atoms with van der Waals surface area (Å²) in [5.74, 6) is 0.317. The van der Waals surface area contributed by atoms with E-state index < -0.39 is 0 Å². The van der Waals surface area contributed by atoms with Gasteiger partial charge in [0.15, 0.2) is 11.6 Å². The molecule has 0 fully saturated rings. The number of carbonyl (C=O) groups excluding carboxylic acids is 1. The van der Waals surface area contributed by atoms with Crippen LogP contribution in [0.3, 0.4) is 0 Å². The molecule has 0 radical (unpaired) electrons. The highest BCUT2D eigenvalue weighted by Crippen LogP contribution is 2.30. The van der Waals surface area contributed by atoms with Crippen LogP contribution in [0.2, 0.25) is 0 Å². The molecule has 0 aliphatic rings. The van der Waals surface area contributed by atoms with E-state index in [0.29, 0.717) is 30.0 Å². The summed E-state index contributed by atoms with van der Waals surface area (Å²) >= 11 is 0. The lowest BCUT2D eigenvalue weighted by Gasteiger charge is -2.17. The highest BCUT2D eigenvalue weighted by molar-refractivity contribution is 5.91. The predicted molar refractivity (Wildman–Crippen MR) is 101 cm³/mol. The molecular weight excluding hydrogens is 333 g/mol. The van der Waals surface area contributed by atoms with Crippen LogP contribution in [-0.4, -0.2) is 12.5 Å². The average Bonchev–Trinajstić information content (AvgIpc) is 2.63. The van der Waals surface area contributed by atoms with Crippen molar-refractivity contribution in [1.29, 1.82) is 0 Å². The number of carbonyl (C=O) groups is 1. The second-order valence-electron chi connectivity index (χ2n) is 5.97. The van der Waals surface area contributed by atoms with Gasteiger partial charge in [-0.05, 0) is 55.7 Å². The highest BCUT2D eigenvalue weighted by atomic mass is 19.1. The lowest BCUT2D eigenvalue weighted by Crippen LogP contribution is -2.13. The van der Waals surface area contributed by atoms with Gasteiger partial charge >= 0.3 is 0 Å². The molecule has 0 unspecified atom stereocenters. The molecule has 1 N–H and O–H groups in total. The third-order valence-corrected chi connectivity index (χ3v) is 4.17. The number of ether oxygens (including phenoxy) is 2. The Morgan fingerprint density at radius 2 is 1.88 bits per heavy atom. The van der Waals surface area contributed by atoms with Crippen molar-refractivity contribution < 1.29 is 18.7 Å². The second kappa shape index (κ2) is 9.22. The van der Waals surface area contributed by atoms with Gasteiger partial charge in [-0.1, -0.05) is 19.9 Å². The molecule has 5 heteroatoms. The topological polar surface area (TPSA) is 47.6 Å². The Morgan fingerprint density at radius 3 is 2.54 bits per heavy atom. The van der Waals surface area contributed by atoms with E-state index in [0.717, 1.165) is 17.5 Å². The van der Waals surface area contributed by atoms with Crippen LogP contribution < -0.4 is 14.8 Å². The van der Waals surface area contributed by atoms with Gasteiger partial charge in [0.1, 0.15) is 12.4 Å². The summed E-state index contributed by atoms with van der Waals surface area (Å²) in [6.45, 7) is 8.17. The van der Waals surface area contributed by atoms with Crippen molar-refractivity contribution in [3.8, 4) is 11.5 Å². The predicted octanol–water partition coefficient (Wildman–Crippen LogP) is 5.02. The molecule has 0 spiro atoms. The van der Waals surface area contributed by atoms with Crippen molar-refractivity contribution in [3.05, 3.63) is 52.8 Å². The first kappa shape index (κ1) is 19.8. The van der Waals surface area contributed by atoms with Crippen LogP contribution in [0.15, 0.2) is 30.3 Å². The van der Waals surface area contributed by atoms with Crippen molar-refractivity contribution in [2.24, 2.45) is 0 Å². The maximum atomic E-state index is 14.3. The molecular formula is C21H26FNO3. The van der Waals surface area contributed by atoms with E-state index in [1.165, 1.54) is 6.07 Å². The normalized spacial score (nSPS) is 10.5. The first-order valence-corrected chi connectivity index (χ1v) is 8.96. The Labute approximate surface area is 154 Å². The first-order valence-electron chi connectivity index (χ1n) is 8.96. The number of hydrogen-bond acceptors (Lipinski definition) is 3. The molecule has 140 valence electrons. The third kappa shape index (κ3) is 4.75.